The molecule has 34 heavy (non-hydrogen) atoms. The van der Waals surface area contributed by atoms with Crippen molar-refractivity contribution in [1.82, 2.24) is 19.2 Å². The van der Waals surface area contributed by atoms with E-state index in [4.69, 9.17) is 0 Å². The summed E-state index contributed by atoms with van der Waals surface area (Å²) in [6, 6.07) is 6.94. The lowest BCUT2D eigenvalue weighted by molar-refractivity contribution is -0.140. The molecular weight excluding hydrogens is 454 g/mol. The predicted molar refractivity (Wildman–Crippen MR) is 125 cm³/mol. The highest BCUT2D eigenvalue weighted by Crippen LogP contribution is 2.38. The molecule has 2 atom stereocenters. The van der Waals surface area contributed by atoms with Crippen LogP contribution in [-0.2, 0) is 26.2 Å². The van der Waals surface area contributed by atoms with Crippen LogP contribution in [0, 0.1) is 18.8 Å². The molecule has 2 amide bonds. The molecule has 10 heteroatoms. The molecule has 3 fully saturated rings. The van der Waals surface area contributed by atoms with Crippen LogP contribution in [0.5, 0.6) is 0 Å². The maximum absolute atomic E-state index is 13.5. The second-order valence-electron chi connectivity index (χ2n) is 9.30. The molecule has 0 spiro atoms. The molecule has 2 aliphatic heterocycles. The van der Waals surface area contributed by atoms with Crippen LogP contribution in [0.15, 0.2) is 41.6 Å². The van der Waals surface area contributed by atoms with E-state index in [1.807, 2.05) is 11.0 Å². The van der Waals surface area contributed by atoms with E-state index in [-0.39, 0.29) is 35.1 Å². The summed E-state index contributed by atoms with van der Waals surface area (Å²) < 4.78 is 28.5. The Balaban J connectivity index is 1.32. The van der Waals surface area contributed by atoms with Gasteiger partial charge in [0, 0.05) is 38.6 Å². The smallest absolute Gasteiger partial charge is 0.243 e. The molecule has 2 saturated heterocycles. The number of hydrogen-bond acceptors (Lipinski definition) is 7. The molecule has 0 N–H and O–H groups in total. The summed E-state index contributed by atoms with van der Waals surface area (Å²) in [5, 5.41) is 0. The molecule has 1 saturated carbocycles. The van der Waals surface area contributed by atoms with Gasteiger partial charge in [-0.2, -0.15) is 4.31 Å². The lowest BCUT2D eigenvalue weighted by Gasteiger charge is -2.34. The van der Waals surface area contributed by atoms with Crippen LogP contribution in [0.3, 0.4) is 0 Å². The summed E-state index contributed by atoms with van der Waals surface area (Å²) in [5.41, 5.74) is 1.30. The molecule has 1 aromatic carbocycles. The van der Waals surface area contributed by atoms with Crippen LogP contribution < -0.4 is 4.90 Å². The number of fused-ring (bicyclic) bond motifs is 1. The summed E-state index contributed by atoms with van der Waals surface area (Å²) in [6.45, 7) is 3.55. The van der Waals surface area contributed by atoms with Crippen LogP contribution in [0.2, 0.25) is 0 Å². The minimum Gasteiger partial charge on any atom is -0.338 e. The van der Waals surface area contributed by atoms with Crippen LogP contribution >= 0.6 is 0 Å². The number of aryl methyl sites for hydroxylation is 1. The molecule has 0 unspecified atom stereocenters. The molecular formula is C24H29N5O4S. The molecule has 2 aromatic rings. The minimum absolute atomic E-state index is 0.112. The van der Waals surface area contributed by atoms with E-state index in [9.17, 15) is 18.0 Å². The first-order valence-electron chi connectivity index (χ1n) is 11.8. The first-order chi connectivity index (χ1) is 16.4. The van der Waals surface area contributed by atoms with Gasteiger partial charge < -0.3 is 4.90 Å². The van der Waals surface area contributed by atoms with Crippen molar-refractivity contribution in [3.05, 3.63) is 47.8 Å². The highest BCUT2D eigenvalue weighted by atomic mass is 32.2. The normalized spacial score (nSPS) is 23.9. The number of amides is 2. The number of hydrogen-bond donors (Lipinski definition) is 0. The Morgan fingerprint density at radius 1 is 0.941 bits per heavy atom. The van der Waals surface area contributed by atoms with Gasteiger partial charge in [-0.25, -0.2) is 18.4 Å². The van der Waals surface area contributed by atoms with E-state index in [1.165, 1.54) is 9.21 Å². The Morgan fingerprint density at radius 2 is 1.56 bits per heavy atom. The number of benzene rings is 1. The van der Waals surface area contributed by atoms with Crippen molar-refractivity contribution >= 4 is 27.8 Å². The van der Waals surface area contributed by atoms with Crippen molar-refractivity contribution in [1.29, 1.82) is 0 Å². The SMILES string of the molecule is Cc1ccc(CN2C(=O)[C@@H]3CCCC[C@H]3C2=O)cc1S(=O)(=O)N1CCN(c2ncccn2)CC1. The number of piperazine rings is 1. The molecule has 5 rings (SSSR count). The van der Waals surface area contributed by atoms with Crippen molar-refractivity contribution in [2.45, 2.75) is 44.0 Å². The maximum Gasteiger partial charge on any atom is 0.243 e. The Morgan fingerprint density at radius 3 is 2.18 bits per heavy atom. The van der Waals surface area contributed by atoms with Crippen LogP contribution in [0.25, 0.3) is 0 Å². The molecule has 1 aromatic heterocycles. The van der Waals surface area contributed by atoms with Crippen molar-refractivity contribution in [3.63, 3.8) is 0 Å². The van der Waals surface area contributed by atoms with Gasteiger partial charge in [-0.1, -0.05) is 25.0 Å². The number of carbonyl (C=O) groups excluding carboxylic acids is 2. The zero-order valence-electron chi connectivity index (χ0n) is 19.3. The summed E-state index contributed by atoms with van der Waals surface area (Å²) in [7, 11) is -3.72. The van der Waals surface area contributed by atoms with Gasteiger partial charge in [-0.3, -0.25) is 14.5 Å². The lowest BCUT2D eigenvalue weighted by atomic mass is 9.81. The highest BCUT2D eigenvalue weighted by molar-refractivity contribution is 7.89. The zero-order chi connectivity index (χ0) is 23.9. The van der Waals surface area contributed by atoms with Gasteiger partial charge >= 0.3 is 0 Å². The lowest BCUT2D eigenvalue weighted by Crippen LogP contribution is -2.49. The van der Waals surface area contributed by atoms with Crippen LogP contribution in [0.1, 0.15) is 36.8 Å². The van der Waals surface area contributed by atoms with Gasteiger partial charge in [-0.15, -0.1) is 0 Å². The highest BCUT2D eigenvalue weighted by Gasteiger charge is 2.48. The van der Waals surface area contributed by atoms with Crippen LogP contribution in [0.4, 0.5) is 5.95 Å². The molecule has 9 nitrogen and oxygen atoms in total. The number of carbonyl (C=O) groups is 2. The fraction of sp³-hybridized carbons (Fsp3) is 0.500. The Hall–Kier alpha value is -2.85. The van der Waals surface area contributed by atoms with E-state index in [1.54, 1.807) is 37.5 Å². The third-order valence-corrected chi connectivity index (χ3v) is 9.26. The van der Waals surface area contributed by atoms with Gasteiger partial charge in [0.25, 0.3) is 0 Å². The summed E-state index contributed by atoms with van der Waals surface area (Å²) in [5.74, 6) is -0.0457. The van der Waals surface area contributed by atoms with Crippen molar-refractivity contribution in [3.8, 4) is 0 Å². The second-order valence-corrected chi connectivity index (χ2v) is 11.2. The summed E-state index contributed by atoms with van der Waals surface area (Å²) >= 11 is 0. The number of nitrogens with zero attached hydrogens (tertiary/aromatic N) is 5. The molecule has 3 aliphatic rings. The molecule has 3 heterocycles. The number of rotatable bonds is 5. The number of aromatic nitrogens is 2. The maximum atomic E-state index is 13.5. The second kappa shape index (κ2) is 9.07. The Bertz CT molecular complexity index is 1170. The standard InChI is InChI=1S/C24H29N5O4S/c1-17-7-8-18(16-29-22(30)19-5-2-3-6-20(19)23(29)31)15-21(17)34(32,33)28-13-11-27(12-14-28)24-25-9-4-10-26-24/h4,7-10,15,19-20H,2-3,5-6,11-14,16H2,1H3/t19-,20-/m1/s1. The molecule has 0 radical (unpaired) electrons. The predicted octanol–water partition coefficient (Wildman–Crippen LogP) is 1.97. The van der Waals surface area contributed by atoms with E-state index in [2.05, 4.69) is 9.97 Å². The number of sulfonamides is 1. The topological polar surface area (TPSA) is 104 Å². The average molecular weight is 484 g/mol. The first-order valence-corrected chi connectivity index (χ1v) is 13.3. The number of likely N-dealkylation sites (tertiary alicyclic amines) is 1. The number of imide groups is 1. The third kappa shape index (κ3) is 4.09. The van der Waals surface area contributed by atoms with Crippen molar-refractivity contribution < 1.29 is 18.0 Å². The summed E-state index contributed by atoms with van der Waals surface area (Å²) in [6.07, 6.45) is 6.82. The van der Waals surface area contributed by atoms with Gasteiger partial charge in [0.1, 0.15) is 0 Å². The van der Waals surface area contributed by atoms with Gasteiger partial charge in [0.15, 0.2) is 0 Å². The summed E-state index contributed by atoms with van der Waals surface area (Å²) in [4.78, 5) is 37.8. The van der Waals surface area contributed by atoms with Crippen molar-refractivity contribution in [2.75, 3.05) is 31.1 Å². The Labute approximate surface area is 199 Å². The van der Waals surface area contributed by atoms with Crippen LogP contribution in [-0.4, -0.2) is 65.6 Å². The van der Waals surface area contributed by atoms with Gasteiger partial charge in [0.05, 0.1) is 23.3 Å². The molecule has 0 bridgehead atoms. The van der Waals surface area contributed by atoms with E-state index in [0.29, 0.717) is 43.3 Å². The quantitative estimate of drug-likeness (QED) is 0.599. The van der Waals surface area contributed by atoms with E-state index < -0.39 is 10.0 Å². The number of anilines is 1. The fourth-order valence-corrected chi connectivity index (χ4v) is 7.01. The average Bonchev–Trinajstić information content (AvgIpc) is 3.10. The fourth-order valence-electron chi connectivity index (χ4n) is 5.31. The van der Waals surface area contributed by atoms with E-state index in [0.717, 1.165) is 25.7 Å². The van der Waals surface area contributed by atoms with E-state index >= 15 is 0 Å². The van der Waals surface area contributed by atoms with Crippen molar-refractivity contribution in [2.24, 2.45) is 11.8 Å². The largest absolute Gasteiger partial charge is 0.338 e. The monoisotopic (exact) mass is 483 g/mol. The Kier molecular flexibility index (Phi) is 6.11. The third-order valence-electron chi connectivity index (χ3n) is 7.22. The molecule has 180 valence electrons. The van der Waals surface area contributed by atoms with Gasteiger partial charge in [0.2, 0.25) is 27.8 Å². The van der Waals surface area contributed by atoms with Gasteiger partial charge in [-0.05, 0) is 43.0 Å². The first kappa shape index (κ1) is 22.9. The minimum atomic E-state index is -3.72. The zero-order valence-corrected chi connectivity index (χ0v) is 20.1. The molecule has 1 aliphatic carbocycles.